The van der Waals surface area contributed by atoms with Crippen molar-refractivity contribution in [3.05, 3.63) is 65.7 Å². The number of hydrogen-bond donors (Lipinski definition) is 1. The number of ether oxygens (including phenoxy) is 1. The Labute approximate surface area is 154 Å². The van der Waals surface area contributed by atoms with Gasteiger partial charge < -0.3 is 15.0 Å². The van der Waals surface area contributed by atoms with Crippen LogP contribution in [0.25, 0.3) is 0 Å². The van der Waals surface area contributed by atoms with Crippen LogP contribution in [-0.2, 0) is 16.1 Å². The molecule has 0 fully saturated rings. The molecule has 2 aromatic rings. The lowest BCUT2D eigenvalue weighted by atomic mass is 10.0. The number of benzene rings is 2. The summed E-state index contributed by atoms with van der Waals surface area (Å²) >= 11 is 0. The molecular formula is C21H24N2O3. The van der Waals surface area contributed by atoms with Crippen molar-refractivity contribution in [1.82, 2.24) is 10.2 Å². The van der Waals surface area contributed by atoms with Crippen molar-refractivity contribution < 1.29 is 14.3 Å². The molecule has 0 saturated carbocycles. The van der Waals surface area contributed by atoms with Gasteiger partial charge in [-0.15, -0.1) is 0 Å². The van der Waals surface area contributed by atoms with Gasteiger partial charge in [-0.3, -0.25) is 9.59 Å². The van der Waals surface area contributed by atoms with Gasteiger partial charge in [0.15, 0.2) is 6.61 Å². The van der Waals surface area contributed by atoms with E-state index in [-0.39, 0.29) is 18.4 Å². The number of nitrogens with one attached hydrogen (secondary N) is 1. The summed E-state index contributed by atoms with van der Waals surface area (Å²) in [6.07, 6.45) is 0. The van der Waals surface area contributed by atoms with Gasteiger partial charge in [0, 0.05) is 17.6 Å². The second kappa shape index (κ2) is 7.20. The van der Waals surface area contributed by atoms with Gasteiger partial charge in [0.25, 0.3) is 5.91 Å². The molecule has 0 aliphatic carbocycles. The highest BCUT2D eigenvalue weighted by molar-refractivity contribution is 5.91. The quantitative estimate of drug-likeness (QED) is 0.924. The number of amides is 2. The third kappa shape index (κ3) is 4.04. The molecule has 2 amide bonds. The molecule has 2 aromatic carbocycles. The molecule has 0 aromatic heterocycles. The minimum Gasteiger partial charge on any atom is -0.483 e. The van der Waals surface area contributed by atoms with Crippen molar-refractivity contribution in [3.8, 4) is 5.75 Å². The molecule has 3 rings (SSSR count). The van der Waals surface area contributed by atoms with E-state index in [1.54, 1.807) is 11.0 Å². The Morgan fingerprint density at radius 3 is 2.46 bits per heavy atom. The highest BCUT2D eigenvalue weighted by Gasteiger charge is 2.37. The number of para-hydroxylation sites is 1. The molecule has 1 aliphatic rings. The largest absolute Gasteiger partial charge is 0.483 e. The average Bonchev–Trinajstić information content (AvgIpc) is 2.72. The summed E-state index contributed by atoms with van der Waals surface area (Å²) in [5.74, 6) is 0.157. The monoisotopic (exact) mass is 352 g/mol. The van der Waals surface area contributed by atoms with Crippen LogP contribution in [-0.4, -0.2) is 28.9 Å². The van der Waals surface area contributed by atoms with Crippen LogP contribution in [0.1, 0.15) is 37.9 Å². The summed E-state index contributed by atoms with van der Waals surface area (Å²) < 4.78 is 5.67. The molecule has 26 heavy (non-hydrogen) atoms. The van der Waals surface area contributed by atoms with Crippen molar-refractivity contribution in [2.45, 2.75) is 38.9 Å². The first-order valence-electron chi connectivity index (χ1n) is 8.72. The Bertz CT molecular complexity index is 796. The second-order valence-corrected chi connectivity index (χ2v) is 7.48. The average molecular weight is 352 g/mol. The topological polar surface area (TPSA) is 58.6 Å². The van der Waals surface area contributed by atoms with Crippen LogP contribution in [0.15, 0.2) is 54.6 Å². The van der Waals surface area contributed by atoms with Crippen molar-refractivity contribution in [2.24, 2.45) is 0 Å². The SMILES string of the molecule is CC(C)(C)NC(=O)[C@@H]1c2ccccc2OCC(=O)N1Cc1ccccc1. The number of carbonyl (C=O) groups excluding carboxylic acids is 2. The molecule has 1 aliphatic heterocycles. The predicted octanol–water partition coefficient (Wildman–Crippen LogP) is 3.06. The van der Waals surface area contributed by atoms with Gasteiger partial charge in [-0.2, -0.15) is 0 Å². The van der Waals surface area contributed by atoms with Crippen LogP contribution in [0.3, 0.4) is 0 Å². The maximum Gasteiger partial charge on any atom is 0.261 e. The van der Waals surface area contributed by atoms with E-state index >= 15 is 0 Å². The minimum atomic E-state index is -0.736. The highest BCUT2D eigenvalue weighted by Crippen LogP contribution is 2.34. The van der Waals surface area contributed by atoms with E-state index in [0.717, 1.165) is 5.56 Å². The first-order chi connectivity index (χ1) is 12.3. The molecule has 1 N–H and O–H groups in total. The molecule has 5 heteroatoms. The third-order valence-corrected chi connectivity index (χ3v) is 4.14. The summed E-state index contributed by atoms with van der Waals surface area (Å²) in [7, 11) is 0. The van der Waals surface area contributed by atoms with E-state index in [2.05, 4.69) is 5.32 Å². The van der Waals surface area contributed by atoms with Gasteiger partial charge in [-0.05, 0) is 32.4 Å². The summed E-state index contributed by atoms with van der Waals surface area (Å²) in [6.45, 7) is 6.04. The minimum absolute atomic E-state index is 0.0802. The van der Waals surface area contributed by atoms with Gasteiger partial charge in [-0.1, -0.05) is 48.5 Å². The van der Waals surface area contributed by atoms with Crippen LogP contribution >= 0.6 is 0 Å². The maximum atomic E-state index is 13.1. The normalized spacial score (nSPS) is 17.1. The molecular weight excluding hydrogens is 328 g/mol. The fourth-order valence-corrected chi connectivity index (χ4v) is 3.05. The number of fused-ring (bicyclic) bond motifs is 1. The van der Waals surface area contributed by atoms with E-state index in [4.69, 9.17) is 4.74 Å². The van der Waals surface area contributed by atoms with Gasteiger partial charge in [0.05, 0.1) is 0 Å². The van der Waals surface area contributed by atoms with Crippen molar-refractivity contribution in [2.75, 3.05) is 6.61 Å². The Kier molecular flexibility index (Phi) is 4.98. The summed E-state index contributed by atoms with van der Waals surface area (Å²) in [5, 5.41) is 3.01. The molecule has 0 spiro atoms. The third-order valence-electron chi connectivity index (χ3n) is 4.14. The molecule has 5 nitrogen and oxygen atoms in total. The van der Waals surface area contributed by atoms with Crippen molar-refractivity contribution in [3.63, 3.8) is 0 Å². The van der Waals surface area contributed by atoms with Crippen LogP contribution in [0.5, 0.6) is 5.75 Å². The summed E-state index contributed by atoms with van der Waals surface area (Å²) in [6, 6.07) is 16.3. The lowest BCUT2D eigenvalue weighted by molar-refractivity contribution is -0.142. The van der Waals surface area contributed by atoms with E-state index < -0.39 is 11.6 Å². The second-order valence-electron chi connectivity index (χ2n) is 7.48. The zero-order chi connectivity index (χ0) is 18.7. The number of nitrogens with zero attached hydrogens (tertiary/aromatic N) is 1. The molecule has 1 heterocycles. The standard InChI is InChI=1S/C21H24N2O3/c1-21(2,3)22-20(25)19-16-11-7-8-12-17(16)26-14-18(24)23(19)13-15-9-5-4-6-10-15/h4-12,19H,13-14H2,1-3H3,(H,22,25)/t19-/m0/s1. The van der Waals surface area contributed by atoms with E-state index in [0.29, 0.717) is 17.9 Å². The smallest absolute Gasteiger partial charge is 0.261 e. The lowest BCUT2D eigenvalue weighted by Crippen LogP contribution is -2.49. The highest BCUT2D eigenvalue weighted by atomic mass is 16.5. The number of hydrogen-bond acceptors (Lipinski definition) is 3. The van der Waals surface area contributed by atoms with Gasteiger partial charge in [0.1, 0.15) is 11.8 Å². The first-order valence-corrected chi connectivity index (χ1v) is 8.72. The zero-order valence-electron chi connectivity index (χ0n) is 15.4. The van der Waals surface area contributed by atoms with E-state index in [1.807, 2.05) is 69.3 Å². The van der Waals surface area contributed by atoms with Crippen LogP contribution in [0.2, 0.25) is 0 Å². The number of carbonyl (C=O) groups is 2. The molecule has 0 saturated heterocycles. The molecule has 0 bridgehead atoms. The van der Waals surface area contributed by atoms with Gasteiger partial charge >= 0.3 is 0 Å². The number of rotatable bonds is 3. The molecule has 1 atom stereocenters. The summed E-state index contributed by atoms with van der Waals surface area (Å²) in [5.41, 5.74) is 1.27. The Morgan fingerprint density at radius 2 is 1.77 bits per heavy atom. The Hall–Kier alpha value is -2.82. The van der Waals surface area contributed by atoms with Crippen LogP contribution in [0.4, 0.5) is 0 Å². The fourth-order valence-electron chi connectivity index (χ4n) is 3.05. The fraction of sp³-hybridized carbons (Fsp3) is 0.333. The molecule has 136 valence electrons. The van der Waals surface area contributed by atoms with Crippen LogP contribution < -0.4 is 10.1 Å². The van der Waals surface area contributed by atoms with Crippen molar-refractivity contribution >= 4 is 11.8 Å². The predicted molar refractivity (Wildman–Crippen MR) is 99.6 cm³/mol. The van der Waals surface area contributed by atoms with E-state index in [1.165, 1.54) is 0 Å². The summed E-state index contributed by atoms with van der Waals surface area (Å²) in [4.78, 5) is 27.5. The zero-order valence-corrected chi connectivity index (χ0v) is 15.4. The van der Waals surface area contributed by atoms with Gasteiger partial charge in [-0.25, -0.2) is 0 Å². The lowest BCUT2D eigenvalue weighted by Gasteiger charge is -2.32. The van der Waals surface area contributed by atoms with Crippen molar-refractivity contribution in [1.29, 1.82) is 0 Å². The van der Waals surface area contributed by atoms with Gasteiger partial charge in [0.2, 0.25) is 5.91 Å². The maximum absolute atomic E-state index is 13.1. The first kappa shape index (κ1) is 18.0. The van der Waals surface area contributed by atoms with Crippen LogP contribution in [0, 0.1) is 0 Å². The van der Waals surface area contributed by atoms with E-state index in [9.17, 15) is 9.59 Å². The Morgan fingerprint density at radius 1 is 1.12 bits per heavy atom. The Balaban J connectivity index is 2.03. The molecule has 0 radical (unpaired) electrons. The molecule has 0 unspecified atom stereocenters.